The van der Waals surface area contributed by atoms with Crippen molar-refractivity contribution in [2.24, 2.45) is 5.92 Å². The Hall–Kier alpha value is -1.14. The molecule has 2 heterocycles. The number of hydrogen-bond donors (Lipinski definition) is 2. The van der Waals surface area contributed by atoms with Crippen LogP contribution in [0, 0.1) is 5.92 Å². The summed E-state index contributed by atoms with van der Waals surface area (Å²) in [7, 11) is 0. The number of ether oxygens (including phenoxy) is 1. The van der Waals surface area contributed by atoms with Crippen molar-refractivity contribution in [1.82, 2.24) is 10.2 Å². The minimum atomic E-state index is -0.387. The van der Waals surface area contributed by atoms with E-state index in [4.69, 9.17) is 4.74 Å². The van der Waals surface area contributed by atoms with Gasteiger partial charge in [0.15, 0.2) is 0 Å². The normalized spacial score (nSPS) is 27.0. The number of rotatable bonds is 5. The third-order valence-electron chi connectivity index (χ3n) is 4.47. The number of aliphatic hydroxyl groups excluding tert-OH is 1. The van der Waals surface area contributed by atoms with Gasteiger partial charge in [-0.1, -0.05) is 30.3 Å². The van der Waals surface area contributed by atoms with Gasteiger partial charge in [0.25, 0.3) is 0 Å². The second-order valence-electron chi connectivity index (χ2n) is 6.29. The van der Waals surface area contributed by atoms with Gasteiger partial charge >= 0.3 is 0 Å². The molecule has 1 amide bonds. The molecular weight excluding hydrogens is 316 g/mol. The Morgan fingerprint density at radius 3 is 2.83 bits per heavy atom. The molecule has 2 saturated heterocycles. The molecule has 2 N–H and O–H groups in total. The van der Waals surface area contributed by atoms with Gasteiger partial charge in [-0.15, -0.1) is 12.4 Å². The van der Waals surface area contributed by atoms with Crippen molar-refractivity contribution in [3.8, 4) is 0 Å². The summed E-state index contributed by atoms with van der Waals surface area (Å²) in [6.07, 6.45) is 1.14. The predicted octanol–water partition coefficient (Wildman–Crippen LogP) is 1.20. The number of halogens is 1. The van der Waals surface area contributed by atoms with Crippen molar-refractivity contribution in [1.29, 1.82) is 0 Å². The number of nitrogens with one attached hydrogen (secondary N) is 1. The molecule has 0 aromatic heterocycles. The molecule has 5 nitrogen and oxygen atoms in total. The SMILES string of the molecule is Cl.O=C(C1CC(O)CN1)N1CCC(COCc2ccccc2)C1. The molecule has 1 aromatic rings. The zero-order valence-corrected chi connectivity index (χ0v) is 14.0. The van der Waals surface area contributed by atoms with Crippen LogP contribution in [0.4, 0.5) is 0 Å². The molecule has 0 radical (unpaired) electrons. The molecule has 2 aliphatic heterocycles. The van der Waals surface area contributed by atoms with Crippen molar-refractivity contribution >= 4 is 18.3 Å². The highest BCUT2D eigenvalue weighted by atomic mass is 35.5. The Morgan fingerprint density at radius 1 is 1.35 bits per heavy atom. The van der Waals surface area contributed by atoms with Crippen LogP contribution in [0.1, 0.15) is 18.4 Å². The summed E-state index contributed by atoms with van der Waals surface area (Å²) in [4.78, 5) is 14.3. The van der Waals surface area contributed by atoms with Gasteiger partial charge in [0.05, 0.1) is 25.4 Å². The van der Waals surface area contributed by atoms with Gasteiger partial charge in [-0.2, -0.15) is 0 Å². The van der Waals surface area contributed by atoms with Gasteiger partial charge in [-0.3, -0.25) is 4.79 Å². The lowest BCUT2D eigenvalue weighted by atomic mass is 10.1. The van der Waals surface area contributed by atoms with Crippen molar-refractivity contribution in [3.63, 3.8) is 0 Å². The molecule has 3 rings (SSSR count). The molecular formula is C17H25ClN2O3. The number of carbonyl (C=O) groups is 1. The van der Waals surface area contributed by atoms with Gasteiger partial charge < -0.3 is 20.1 Å². The van der Waals surface area contributed by atoms with Crippen LogP contribution in [0.3, 0.4) is 0 Å². The highest BCUT2D eigenvalue weighted by Crippen LogP contribution is 2.20. The van der Waals surface area contributed by atoms with Crippen LogP contribution in [0.5, 0.6) is 0 Å². The lowest BCUT2D eigenvalue weighted by Crippen LogP contribution is -2.42. The standard InChI is InChI=1S/C17H24N2O3.ClH/c20-15-8-16(18-9-15)17(21)19-7-6-14(10-19)12-22-11-13-4-2-1-3-5-13;/h1-5,14-16,18,20H,6-12H2;1H. The molecule has 2 fully saturated rings. The molecule has 3 atom stereocenters. The number of carbonyl (C=O) groups excluding carboxylic acids is 1. The smallest absolute Gasteiger partial charge is 0.239 e. The van der Waals surface area contributed by atoms with Crippen LogP contribution in [0.2, 0.25) is 0 Å². The quantitative estimate of drug-likeness (QED) is 0.845. The summed E-state index contributed by atoms with van der Waals surface area (Å²) in [6.45, 7) is 3.41. The minimum absolute atomic E-state index is 0. The molecule has 0 aliphatic carbocycles. The lowest BCUT2D eigenvalue weighted by molar-refractivity contribution is -0.132. The minimum Gasteiger partial charge on any atom is -0.392 e. The molecule has 2 aliphatic rings. The number of likely N-dealkylation sites (tertiary alicyclic amines) is 1. The van der Waals surface area contributed by atoms with Crippen LogP contribution in [0.15, 0.2) is 30.3 Å². The van der Waals surface area contributed by atoms with E-state index in [9.17, 15) is 9.90 Å². The summed E-state index contributed by atoms with van der Waals surface area (Å²) in [5, 5.41) is 12.6. The fourth-order valence-corrected chi connectivity index (χ4v) is 3.21. The Kier molecular flexibility index (Phi) is 6.84. The summed E-state index contributed by atoms with van der Waals surface area (Å²) < 4.78 is 5.78. The zero-order chi connectivity index (χ0) is 15.4. The van der Waals surface area contributed by atoms with E-state index in [0.29, 0.717) is 32.1 Å². The lowest BCUT2D eigenvalue weighted by Gasteiger charge is -2.20. The van der Waals surface area contributed by atoms with E-state index in [1.54, 1.807) is 0 Å². The number of aliphatic hydroxyl groups is 1. The Bertz CT molecular complexity index is 500. The fraction of sp³-hybridized carbons (Fsp3) is 0.588. The maximum absolute atomic E-state index is 12.3. The first-order valence-electron chi connectivity index (χ1n) is 8.04. The molecule has 1 aromatic carbocycles. The highest BCUT2D eigenvalue weighted by Gasteiger charge is 2.34. The van der Waals surface area contributed by atoms with E-state index in [0.717, 1.165) is 19.5 Å². The first kappa shape index (κ1) is 18.2. The van der Waals surface area contributed by atoms with E-state index in [-0.39, 0.29) is 30.5 Å². The fourth-order valence-electron chi connectivity index (χ4n) is 3.21. The predicted molar refractivity (Wildman–Crippen MR) is 90.4 cm³/mol. The van der Waals surface area contributed by atoms with Crippen LogP contribution >= 0.6 is 12.4 Å². The Morgan fingerprint density at radius 2 is 2.13 bits per heavy atom. The van der Waals surface area contributed by atoms with E-state index >= 15 is 0 Å². The summed E-state index contributed by atoms with van der Waals surface area (Å²) in [5.74, 6) is 0.543. The highest BCUT2D eigenvalue weighted by molar-refractivity contribution is 5.85. The molecule has 0 bridgehead atoms. The first-order chi connectivity index (χ1) is 10.7. The maximum atomic E-state index is 12.3. The van der Waals surface area contributed by atoms with Crippen molar-refractivity contribution in [3.05, 3.63) is 35.9 Å². The topological polar surface area (TPSA) is 61.8 Å². The van der Waals surface area contributed by atoms with Crippen LogP contribution in [-0.4, -0.2) is 54.3 Å². The molecule has 0 spiro atoms. The Labute approximate surface area is 143 Å². The van der Waals surface area contributed by atoms with E-state index < -0.39 is 0 Å². The van der Waals surface area contributed by atoms with Gasteiger partial charge in [0, 0.05) is 25.6 Å². The van der Waals surface area contributed by atoms with E-state index in [2.05, 4.69) is 17.4 Å². The number of hydrogen-bond acceptors (Lipinski definition) is 4. The number of benzene rings is 1. The molecule has 128 valence electrons. The first-order valence-corrected chi connectivity index (χ1v) is 8.04. The van der Waals surface area contributed by atoms with E-state index in [1.165, 1.54) is 5.56 Å². The summed E-state index contributed by atoms with van der Waals surface area (Å²) in [5.41, 5.74) is 1.18. The summed E-state index contributed by atoms with van der Waals surface area (Å²) in [6, 6.07) is 9.93. The summed E-state index contributed by atoms with van der Waals surface area (Å²) >= 11 is 0. The maximum Gasteiger partial charge on any atom is 0.239 e. The van der Waals surface area contributed by atoms with Gasteiger partial charge in [-0.05, 0) is 18.4 Å². The third kappa shape index (κ3) is 4.91. The van der Waals surface area contributed by atoms with Crippen molar-refractivity contribution < 1.29 is 14.6 Å². The zero-order valence-electron chi connectivity index (χ0n) is 13.2. The average Bonchev–Trinajstić information content (AvgIpc) is 3.17. The van der Waals surface area contributed by atoms with Gasteiger partial charge in [0.2, 0.25) is 5.91 Å². The van der Waals surface area contributed by atoms with Crippen molar-refractivity contribution in [2.75, 3.05) is 26.2 Å². The van der Waals surface area contributed by atoms with Crippen molar-refractivity contribution in [2.45, 2.75) is 31.6 Å². The molecule has 6 heteroatoms. The number of β-amino-alcohol motifs (C(OH)–C–C–N with tert-alkyl or cyclic N) is 1. The van der Waals surface area contributed by atoms with Gasteiger partial charge in [0.1, 0.15) is 0 Å². The van der Waals surface area contributed by atoms with Crippen LogP contribution in [-0.2, 0) is 16.1 Å². The molecule has 23 heavy (non-hydrogen) atoms. The monoisotopic (exact) mass is 340 g/mol. The average molecular weight is 341 g/mol. The molecule has 3 unspecified atom stereocenters. The van der Waals surface area contributed by atoms with E-state index in [1.807, 2.05) is 23.1 Å². The molecule has 0 saturated carbocycles. The number of amides is 1. The second kappa shape index (κ2) is 8.64. The third-order valence-corrected chi connectivity index (χ3v) is 4.47. The largest absolute Gasteiger partial charge is 0.392 e. The van der Waals surface area contributed by atoms with Crippen LogP contribution in [0.25, 0.3) is 0 Å². The Balaban J connectivity index is 0.00000192. The van der Waals surface area contributed by atoms with Gasteiger partial charge in [-0.25, -0.2) is 0 Å². The second-order valence-corrected chi connectivity index (χ2v) is 6.29. The number of nitrogens with zero attached hydrogens (tertiary/aromatic N) is 1. The van der Waals surface area contributed by atoms with Crippen LogP contribution < -0.4 is 5.32 Å².